The highest BCUT2D eigenvalue weighted by Crippen LogP contribution is 2.36. The van der Waals surface area contributed by atoms with Gasteiger partial charge in [-0.1, -0.05) is 13.3 Å². The predicted molar refractivity (Wildman–Crippen MR) is 114 cm³/mol. The molecule has 0 radical (unpaired) electrons. The first-order valence-electron chi connectivity index (χ1n) is 9.95. The summed E-state index contributed by atoms with van der Waals surface area (Å²) in [5.41, 5.74) is 2.68. The van der Waals surface area contributed by atoms with Gasteiger partial charge in [0, 0.05) is 11.3 Å². The zero-order chi connectivity index (χ0) is 21.9. The fourth-order valence-electron chi connectivity index (χ4n) is 3.07. The van der Waals surface area contributed by atoms with Crippen molar-refractivity contribution in [3.63, 3.8) is 0 Å². The van der Waals surface area contributed by atoms with Crippen molar-refractivity contribution in [3.8, 4) is 17.6 Å². The quantitative estimate of drug-likeness (QED) is 0.544. The van der Waals surface area contributed by atoms with Crippen molar-refractivity contribution >= 4 is 11.7 Å². The predicted octanol–water partition coefficient (Wildman–Crippen LogP) is 3.61. The number of ether oxygens (including phenoxy) is 3. The van der Waals surface area contributed by atoms with E-state index in [-0.39, 0.29) is 13.2 Å². The summed E-state index contributed by atoms with van der Waals surface area (Å²) >= 11 is 0. The summed E-state index contributed by atoms with van der Waals surface area (Å²) < 4.78 is 16.6. The Labute approximate surface area is 177 Å². The van der Waals surface area contributed by atoms with E-state index in [4.69, 9.17) is 19.5 Å². The van der Waals surface area contributed by atoms with Crippen LogP contribution in [0, 0.1) is 11.3 Å². The van der Waals surface area contributed by atoms with Gasteiger partial charge in [-0.05, 0) is 55.3 Å². The number of carbonyl (C=O) groups is 1. The van der Waals surface area contributed by atoms with E-state index in [0.29, 0.717) is 34.9 Å². The Bertz CT molecular complexity index is 874. The lowest BCUT2D eigenvalue weighted by atomic mass is 9.99. The summed E-state index contributed by atoms with van der Waals surface area (Å²) in [6, 6.07) is 11.6. The third-order valence-corrected chi connectivity index (χ3v) is 4.43. The normalized spacial score (nSPS) is 11.3. The second-order valence-electron chi connectivity index (χ2n) is 6.54. The van der Waals surface area contributed by atoms with Gasteiger partial charge in [0.15, 0.2) is 6.04 Å². The number of esters is 1. The van der Waals surface area contributed by atoms with E-state index in [2.05, 4.69) is 18.3 Å². The number of nitrogens with one attached hydrogen (secondary N) is 1. The number of aliphatic hydroxyl groups is 1. The first kappa shape index (κ1) is 23.0. The van der Waals surface area contributed by atoms with Gasteiger partial charge in [-0.15, -0.1) is 0 Å². The Morgan fingerprint density at radius 1 is 1.17 bits per heavy atom. The minimum atomic E-state index is -0.869. The molecule has 2 aromatic rings. The van der Waals surface area contributed by atoms with Gasteiger partial charge in [0.1, 0.15) is 18.1 Å². The van der Waals surface area contributed by atoms with Crippen molar-refractivity contribution < 1.29 is 24.1 Å². The molecule has 2 aromatic carbocycles. The summed E-state index contributed by atoms with van der Waals surface area (Å²) in [5.74, 6) is 0.660. The summed E-state index contributed by atoms with van der Waals surface area (Å²) in [5, 5.41) is 21.4. The molecule has 0 saturated heterocycles. The zero-order valence-corrected chi connectivity index (χ0v) is 17.6. The minimum Gasteiger partial charge on any atom is -0.494 e. The molecule has 0 aliphatic carbocycles. The molecular formula is C23H28N2O5. The summed E-state index contributed by atoms with van der Waals surface area (Å²) in [6.45, 7) is 4.40. The first-order valence-corrected chi connectivity index (χ1v) is 9.95. The number of hydrogen-bond donors (Lipinski definition) is 2. The molecule has 0 amide bonds. The second-order valence-corrected chi connectivity index (χ2v) is 6.54. The van der Waals surface area contributed by atoms with E-state index in [1.165, 1.54) is 7.11 Å². The van der Waals surface area contributed by atoms with Gasteiger partial charge in [-0.25, -0.2) is 4.79 Å². The highest BCUT2D eigenvalue weighted by molar-refractivity contribution is 5.82. The Morgan fingerprint density at radius 2 is 1.90 bits per heavy atom. The summed E-state index contributed by atoms with van der Waals surface area (Å²) in [4.78, 5) is 12.7. The molecule has 0 saturated carbocycles. The SMILES string of the molecule is CCCc1cc(OCCO)c(C(Nc2ccc(C#N)cc2)C(=O)OC)cc1OCC. The van der Waals surface area contributed by atoms with E-state index < -0.39 is 12.0 Å². The highest BCUT2D eigenvalue weighted by Gasteiger charge is 2.27. The van der Waals surface area contributed by atoms with Crippen LogP contribution in [0.1, 0.15) is 43.0 Å². The Kier molecular flexibility index (Phi) is 8.98. The van der Waals surface area contributed by atoms with E-state index in [1.54, 1.807) is 30.3 Å². The molecule has 2 rings (SSSR count). The van der Waals surface area contributed by atoms with Crippen molar-refractivity contribution in [3.05, 3.63) is 53.1 Å². The fraction of sp³-hybridized carbons (Fsp3) is 0.391. The van der Waals surface area contributed by atoms with Gasteiger partial charge in [-0.3, -0.25) is 0 Å². The van der Waals surface area contributed by atoms with Crippen LogP contribution in [0.3, 0.4) is 0 Å². The molecule has 0 spiro atoms. The number of rotatable bonds is 11. The van der Waals surface area contributed by atoms with Gasteiger partial charge in [-0.2, -0.15) is 5.26 Å². The van der Waals surface area contributed by atoms with Crippen LogP contribution < -0.4 is 14.8 Å². The van der Waals surface area contributed by atoms with E-state index in [1.807, 2.05) is 13.0 Å². The molecule has 0 aromatic heterocycles. The number of nitrogens with zero attached hydrogens (tertiary/aromatic N) is 1. The van der Waals surface area contributed by atoms with Gasteiger partial charge >= 0.3 is 5.97 Å². The van der Waals surface area contributed by atoms with Crippen molar-refractivity contribution in [2.45, 2.75) is 32.7 Å². The monoisotopic (exact) mass is 412 g/mol. The molecule has 2 N–H and O–H groups in total. The Balaban J connectivity index is 2.53. The van der Waals surface area contributed by atoms with Crippen molar-refractivity contribution in [2.75, 3.05) is 32.2 Å². The number of hydrogen-bond acceptors (Lipinski definition) is 7. The van der Waals surface area contributed by atoms with E-state index in [0.717, 1.165) is 18.4 Å². The topological polar surface area (TPSA) is 101 Å². The van der Waals surface area contributed by atoms with Crippen molar-refractivity contribution in [2.24, 2.45) is 0 Å². The number of benzene rings is 2. The van der Waals surface area contributed by atoms with Gasteiger partial charge in [0.2, 0.25) is 0 Å². The molecule has 0 heterocycles. The van der Waals surface area contributed by atoms with Crippen LogP contribution in [-0.4, -0.2) is 38.0 Å². The summed E-state index contributed by atoms with van der Waals surface area (Å²) in [7, 11) is 1.32. The molecule has 160 valence electrons. The van der Waals surface area contributed by atoms with Gasteiger partial charge < -0.3 is 24.6 Å². The maximum atomic E-state index is 12.7. The van der Waals surface area contributed by atoms with Crippen LogP contribution in [-0.2, 0) is 16.0 Å². The summed E-state index contributed by atoms with van der Waals surface area (Å²) in [6.07, 6.45) is 1.71. The van der Waals surface area contributed by atoms with Crippen LogP contribution in [0.2, 0.25) is 0 Å². The molecule has 7 heteroatoms. The minimum absolute atomic E-state index is 0.0945. The number of aryl methyl sites for hydroxylation is 1. The lowest BCUT2D eigenvalue weighted by Crippen LogP contribution is -2.23. The molecule has 0 fully saturated rings. The second kappa shape index (κ2) is 11.7. The molecular weight excluding hydrogens is 384 g/mol. The van der Waals surface area contributed by atoms with Crippen LogP contribution in [0.4, 0.5) is 5.69 Å². The van der Waals surface area contributed by atoms with E-state index >= 15 is 0 Å². The fourth-order valence-corrected chi connectivity index (χ4v) is 3.07. The molecule has 30 heavy (non-hydrogen) atoms. The molecule has 0 aliphatic rings. The molecule has 1 unspecified atom stereocenters. The molecule has 7 nitrogen and oxygen atoms in total. The number of methoxy groups -OCH3 is 1. The average molecular weight is 412 g/mol. The Hall–Kier alpha value is -3.24. The number of nitriles is 1. The Morgan fingerprint density at radius 3 is 2.47 bits per heavy atom. The van der Waals surface area contributed by atoms with Crippen LogP contribution >= 0.6 is 0 Å². The molecule has 1 atom stereocenters. The lowest BCUT2D eigenvalue weighted by molar-refractivity contribution is -0.141. The van der Waals surface area contributed by atoms with Gasteiger partial charge in [0.05, 0.1) is 32.0 Å². The molecule has 0 bridgehead atoms. The van der Waals surface area contributed by atoms with Crippen molar-refractivity contribution in [1.82, 2.24) is 0 Å². The van der Waals surface area contributed by atoms with Crippen molar-refractivity contribution in [1.29, 1.82) is 5.26 Å². The maximum Gasteiger partial charge on any atom is 0.333 e. The molecule has 0 aliphatic heterocycles. The third-order valence-electron chi connectivity index (χ3n) is 4.43. The van der Waals surface area contributed by atoms with Crippen LogP contribution in [0.25, 0.3) is 0 Å². The standard InChI is InChI=1S/C23H28N2O5/c1-4-6-17-13-21(30-12-11-26)19(14-20(17)29-5-2)22(23(27)28-3)25-18-9-7-16(15-24)8-10-18/h7-10,13-14,22,25-26H,4-6,11-12H2,1-3H3. The van der Waals surface area contributed by atoms with Crippen LogP contribution in [0.15, 0.2) is 36.4 Å². The zero-order valence-electron chi connectivity index (χ0n) is 17.6. The number of aliphatic hydroxyl groups excluding tert-OH is 1. The lowest BCUT2D eigenvalue weighted by Gasteiger charge is -2.23. The maximum absolute atomic E-state index is 12.7. The van der Waals surface area contributed by atoms with Gasteiger partial charge in [0.25, 0.3) is 0 Å². The van der Waals surface area contributed by atoms with E-state index in [9.17, 15) is 9.90 Å². The average Bonchev–Trinajstić information content (AvgIpc) is 2.77. The largest absolute Gasteiger partial charge is 0.494 e. The van der Waals surface area contributed by atoms with Crippen LogP contribution in [0.5, 0.6) is 11.5 Å². The third kappa shape index (κ3) is 5.88. The highest BCUT2D eigenvalue weighted by atomic mass is 16.5. The number of anilines is 1. The smallest absolute Gasteiger partial charge is 0.333 e. The number of carbonyl (C=O) groups excluding carboxylic acids is 1. The first-order chi connectivity index (χ1) is 14.6.